The Morgan fingerprint density at radius 2 is 2.29 bits per heavy atom. The van der Waals surface area contributed by atoms with Crippen LogP contribution in [0.2, 0.25) is 5.02 Å². The molecule has 116 valence electrons. The molecule has 2 atom stereocenters. The highest BCUT2D eigenvalue weighted by atomic mass is 35.5. The van der Waals surface area contributed by atoms with Crippen molar-refractivity contribution in [1.82, 2.24) is 4.90 Å². The van der Waals surface area contributed by atoms with Crippen LogP contribution in [0.4, 0.5) is 0 Å². The van der Waals surface area contributed by atoms with Gasteiger partial charge in [0, 0.05) is 17.1 Å². The Labute approximate surface area is 127 Å². The lowest BCUT2D eigenvalue weighted by Gasteiger charge is -2.26. The normalized spacial score (nSPS) is 21.7. The summed E-state index contributed by atoms with van der Waals surface area (Å²) in [6, 6.07) is 4.93. The van der Waals surface area contributed by atoms with Crippen LogP contribution < -0.4 is 4.74 Å². The van der Waals surface area contributed by atoms with Crippen LogP contribution in [0.1, 0.15) is 5.56 Å². The smallest absolute Gasteiger partial charge is 0.341 e. The number of aliphatic carboxylic acids is 1. The molecule has 21 heavy (non-hydrogen) atoms. The summed E-state index contributed by atoms with van der Waals surface area (Å²) >= 11 is 5.99. The minimum absolute atomic E-state index is 0.101. The van der Waals surface area contributed by atoms with Crippen LogP contribution in [0.15, 0.2) is 18.2 Å². The maximum absolute atomic E-state index is 10.6. The Hall–Kier alpha value is -1.34. The lowest BCUT2D eigenvalue weighted by atomic mass is 10.1. The minimum atomic E-state index is -1.04. The van der Waals surface area contributed by atoms with Gasteiger partial charge in [-0.05, 0) is 25.2 Å². The fourth-order valence-electron chi connectivity index (χ4n) is 2.29. The monoisotopic (exact) mass is 315 g/mol. The summed E-state index contributed by atoms with van der Waals surface area (Å²) in [4.78, 5) is 12.6. The molecule has 0 saturated carbocycles. The molecule has 1 saturated heterocycles. The number of likely N-dealkylation sites (N-methyl/N-ethyl adjacent to an activating group) is 1. The Bertz CT molecular complexity index is 510. The van der Waals surface area contributed by atoms with Gasteiger partial charge in [0.05, 0.1) is 25.4 Å². The van der Waals surface area contributed by atoms with E-state index in [-0.39, 0.29) is 6.04 Å². The number of hydrogen-bond acceptors (Lipinski definition) is 5. The van der Waals surface area contributed by atoms with Gasteiger partial charge in [0.25, 0.3) is 0 Å². The molecule has 0 aliphatic carbocycles. The molecule has 1 aliphatic rings. The Balaban J connectivity index is 2.09. The average Bonchev–Trinajstić information content (AvgIpc) is 2.84. The first kappa shape index (κ1) is 16.0. The van der Waals surface area contributed by atoms with Crippen molar-refractivity contribution in [3.05, 3.63) is 28.8 Å². The van der Waals surface area contributed by atoms with Gasteiger partial charge in [-0.1, -0.05) is 11.6 Å². The van der Waals surface area contributed by atoms with Gasteiger partial charge in [0.2, 0.25) is 0 Å². The van der Waals surface area contributed by atoms with Crippen molar-refractivity contribution in [2.24, 2.45) is 0 Å². The molecule has 1 heterocycles. The number of carboxylic acid groups (broad SMARTS) is 1. The molecule has 1 aromatic rings. The molecule has 0 bridgehead atoms. The van der Waals surface area contributed by atoms with Crippen LogP contribution >= 0.6 is 11.6 Å². The van der Waals surface area contributed by atoms with Gasteiger partial charge in [-0.2, -0.15) is 0 Å². The molecule has 0 unspecified atom stereocenters. The van der Waals surface area contributed by atoms with Crippen molar-refractivity contribution in [1.29, 1.82) is 0 Å². The second-order valence-corrected chi connectivity index (χ2v) is 5.46. The van der Waals surface area contributed by atoms with E-state index < -0.39 is 18.7 Å². The molecule has 2 N–H and O–H groups in total. The maximum Gasteiger partial charge on any atom is 0.341 e. The Morgan fingerprint density at radius 3 is 2.90 bits per heavy atom. The molecule has 0 aromatic heterocycles. The average molecular weight is 316 g/mol. The topological polar surface area (TPSA) is 79.2 Å². The minimum Gasteiger partial charge on any atom is -0.482 e. The van der Waals surface area contributed by atoms with Gasteiger partial charge in [0.1, 0.15) is 5.75 Å². The first-order chi connectivity index (χ1) is 9.97. The largest absolute Gasteiger partial charge is 0.482 e. The van der Waals surface area contributed by atoms with Gasteiger partial charge in [-0.15, -0.1) is 0 Å². The fraction of sp³-hybridized carbons (Fsp3) is 0.500. The molecule has 1 aliphatic heterocycles. The SMILES string of the molecule is CN(Cc1cc(Cl)ccc1OCC(=O)O)[C@H]1COC[C@@H]1O. The zero-order chi connectivity index (χ0) is 15.4. The van der Waals surface area contributed by atoms with Gasteiger partial charge in [-0.25, -0.2) is 4.79 Å². The molecule has 6 nitrogen and oxygen atoms in total. The summed E-state index contributed by atoms with van der Waals surface area (Å²) in [5.74, 6) is -0.564. The number of nitrogens with zero attached hydrogens (tertiary/aromatic N) is 1. The molecule has 0 radical (unpaired) electrons. The third-order valence-electron chi connectivity index (χ3n) is 3.38. The molecule has 1 aromatic carbocycles. The third-order valence-corrected chi connectivity index (χ3v) is 3.62. The first-order valence-electron chi connectivity index (χ1n) is 6.56. The number of carboxylic acids is 1. The van der Waals surface area contributed by atoms with Crippen molar-refractivity contribution in [3.63, 3.8) is 0 Å². The number of carbonyl (C=O) groups is 1. The van der Waals surface area contributed by atoms with E-state index in [1.165, 1.54) is 0 Å². The summed E-state index contributed by atoms with van der Waals surface area (Å²) in [7, 11) is 1.87. The third kappa shape index (κ3) is 4.31. The van der Waals surface area contributed by atoms with Gasteiger partial charge in [-0.3, -0.25) is 4.90 Å². The number of hydrogen-bond donors (Lipinski definition) is 2. The van der Waals surface area contributed by atoms with Crippen molar-refractivity contribution in [3.8, 4) is 5.75 Å². The highest BCUT2D eigenvalue weighted by Gasteiger charge is 2.30. The summed E-state index contributed by atoms with van der Waals surface area (Å²) in [6.07, 6.45) is -0.530. The van der Waals surface area contributed by atoms with E-state index in [9.17, 15) is 9.90 Å². The highest BCUT2D eigenvalue weighted by molar-refractivity contribution is 6.30. The summed E-state index contributed by atoms with van der Waals surface area (Å²) in [6.45, 7) is 0.852. The van der Waals surface area contributed by atoms with Crippen molar-refractivity contribution >= 4 is 17.6 Å². The van der Waals surface area contributed by atoms with E-state index in [2.05, 4.69) is 0 Å². The van der Waals surface area contributed by atoms with Gasteiger partial charge in [0.15, 0.2) is 6.61 Å². The number of benzene rings is 1. The zero-order valence-electron chi connectivity index (χ0n) is 11.7. The predicted octanol–water partition coefficient (Wildman–Crippen LogP) is 0.995. The molecule has 0 amide bonds. The fourth-order valence-corrected chi connectivity index (χ4v) is 2.49. The van der Waals surface area contributed by atoms with Crippen LogP contribution in [0, 0.1) is 0 Å². The molecule has 1 fully saturated rings. The zero-order valence-corrected chi connectivity index (χ0v) is 12.4. The Morgan fingerprint density at radius 1 is 1.52 bits per heavy atom. The number of aliphatic hydroxyl groups excluding tert-OH is 1. The lowest BCUT2D eigenvalue weighted by molar-refractivity contribution is -0.139. The molecule has 7 heteroatoms. The summed E-state index contributed by atoms with van der Waals surface area (Å²) in [5, 5.41) is 19.1. The quantitative estimate of drug-likeness (QED) is 0.815. The summed E-state index contributed by atoms with van der Waals surface area (Å²) in [5.41, 5.74) is 0.769. The van der Waals surface area contributed by atoms with Gasteiger partial charge >= 0.3 is 5.97 Å². The maximum atomic E-state index is 10.6. The van der Waals surface area contributed by atoms with E-state index >= 15 is 0 Å². The van der Waals surface area contributed by atoms with Crippen molar-refractivity contribution in [2.75, 3.05) is 26.9 Å². The van der Waals surface area contributed by atoms with Crippen LogP contribution in [0.3, 0.4) is 0 Å². The number of ether oxygens (including phenoxy) is 2. The second-order valence-electron chi connectivity index (χ2n) is 5.02. The second kappa shape index (κ2) is 7.09. The molecule has 0 spiro atoms. The predicted molar refractivity (Wildman–Crippen MR) is 76.7 cm³/mol. The van der Waals surface area contributed by atoms with E-state index in [0.29, 0.717) is 30.5 Å². The number of halogens is 1. The van der Waals surface area contributed by atoms with E-state index in [1.807, 2.05) is 11.9 Å². The van der Waals surface area contributed by atoms with E-state index in [4.69, 9.17) is 26.2 Å². The van der Waals surface area contributed by atoms with Crippen LogP contribution in [-0.4, -0.2) is 60.1 Å². The molecule has 2 rings (SSSR count). The summed E-state index contributed by atoms with van der Waals surface area (Å²) < 4.78 is 10.5. The number of aliphatic hydroxyl groups is 1. The highest BCUT2D eigenvalue weighted by Crippen LogP contribution is 2.25. The van der Waals surface area contributed by atoms with Crippen LogP contribution in [-0.2, 0) is 16.1 Å². The van der Waals surface area contributed by atoms with E-state index in [1.54, 1.807) is 18.2 Å². The molecular weight excluding hydrogens is 298 g/mol. The van der Waals surface area contributed by atoms with Crippen molar-refractivity contribution in [2.45, 2.75) is 18.7 Å². The number of rotatable bonds is 6. The van der Waals surface area contributed by atoms with Crippen LogP contribution in [0.5, 0.6) is 5.75 Å². The Kier molecular flexibility index (Phi) is 5.41. The van der Waals surface area contributed by atoms with Crippen molar-refractivity contribution < 1.29 is 24.5 Å². The van der Waals surface area contributed by atoms with E-state index in [0.717, 1.165) is 5.56 Å². The van der Waals surface area contributed by atoms with Gasteiger partial charge < -0.3 is 19.7 Å². The molecular formula is C14H18ClNO5. The van der Waals surface area contributed by atoms with Crippen LogP contribution in [0.25, 0.3) is 0 Å². The first-order valence-corrected chi connectivity index (χ1v) is 6.94. The lowest BCUT2D eigenvalue weighted by Crippen LogP contribution is -2.40. The standard InChI is InChI=1S/C14H18ClNO5/c1-16(11-6-20-7-12(11)17)5-9-4-10(15)2-3-13(9)21-8-14(18)19/h2-4,11-12,17H,5-8H2,1H3,(H,18,19)/t11-,12-/m0/s1.